The molecule has 1 unspecified atom stereocenters. The van der Waals surface area contributed by atoms with Crippen LogP contribution in [0.4, 0.5) is 13.2 Å². The van der Waals surface area contributed by atoms with Gasteiger partial charge < -0.3 is 10.4 Å². The second-order valence-electron chi connectivity index (χ2n) is 3.78. The molecule has 3 nitrogen and oxygen atoms in total. The number of carbonyl (C=O) groups is 1. The Bertz CT molecular complexity index is 518. The summed E-state index contributed by atoms with van der Waals surface area (Å²) in [5.41, 5.74) is 0.450. The summed E-state index contributed by atoms with van der Waals surface area (Å²) in [7, 11) is 0. The van der Waals surface area contributed by atoms with Crippen molar-refractivity contribution < 1.29 is 23.1 Å². The van der Waals surface area contributed by atoms with Crippen LogP contribution in [0.5, 0.6) is 0 Å². The van der Waals surface area contributed by atoms with Crippen molar-refractivity contribution >= 4 is 35.2 Å². The fraction of sp³-hybridized carbons (Fsp3) is 0.250. The van der Waals surface area contributed by atoms with E-state index < -0.39 is 24.7 Å². The van der Waals surface area contributed by atoms with Crippen LogP contribution in [0.1, 0.15) is 5.56 Å². The molecule has 1 atom stereocenters. The van der Waals surface area contributed by atoms with Crippen LogP contribution in [0.15, 0.2) is 24.3 Å². The maximum Gasteiger partial charge on any atom is 0.416 e. The van der Waals surface area contributed by atoms with Crippen molar-refractivity contribution in [1.82, 2.24) is 5.32 Å². The molecule has 0 aromatic heterocycles. The molecule has 0 fully saturated rings. The van der Waals surface area contributed by atoms with Gasteiger partial charge in [-0.1, -0.05) is 35.3 Å². The fourth-order valence-corrected chi connectivity index (χ4v) is 1.56. The van der Waals surface area contributed by atoms with Gasteiger partial charge in [0.25, 0.3) is 0 Å². The van der Waals surface area contributed by atoms with E-state index in [9.17, 15) is 18.0 Å². The lowest BCUT2D eigenvalue weighted by Gasteiger charge is -2.14. The largest absolute Gasteiger partial charge is 0.416 e. The number of benzene rings is 1. The van der Waals surface area contributed by atoms with Crippen molar-refractivity contribution in [2.24, 2.45) is 0 Å². The summed E-state index contributed by atoms with van der Waals surface area (Å²) in [5, 5.41) is 11.1. The van der Waals surface area contributed by atoms with E-state index in [1.54, 1.807) is 18.2 Å². The molecular formula is C12H10Cl2F3NO2. The van der Waals surface area contributed by atoms with Gasteiger partial charge in [0.15, 0.2) is 6.10 Å². The second kappa shape index (κ2) is 6.97. The maximum absolute atomic E-state index is 12.0. The number of hydrogen-bond donors (Lipinski definition) is 2. The lowest BCUT2D eigenvalue weighted by Crippen LogP contribution is -2.40. The third-order valence-corrected chi connectivity index (χ3v) is 3.08. The number of rotatable bonds is 4. The van der Waals surface area contributed by atoms with Gasteiger partial charge in [0.05, 0.1) is 16.6 Å². The normalized spacial score (nSPS) is 13.5. The summed E-state index contributed by atoms with van der Waals surface area (Å²) in [6.07, 6.45) is -5.06. The van der Waals surface area contributed by atoms with Crippen LogP contribution in [0, 0.1) is 0 Å². The molecule has 0 bridgehead atoms. The number of aliphatic hydroxyl groups excluding tert-OH is 1. The predicted molar refractivity (Wildman–Crippen MR) is 70.6 cm³/mol. The van der Waals surface area contributed by atoms with E-state index in [4.69, 9.17) is 28.3 Å². The van der Waals surface area contributed by atoms with Gasteiger partial charge in [-0.3, -0.25) is 4.79 Å². The van der Waals surface area contributed by atoms with Crippen LogP contribution in [0.3, 0.4) is 0 Å². The molecule has 0 heterocycles. The van der Waals surface area contributed by atoms with Gasteiger partial charge in [0.1, 0.15) is 0 Å². The number of hydrogen-bond acceptors (Lipinski definition) is 2. The number of amides is 1. The number of aliphatic hydroxyl groups is 1. The van der Waals surface area contributed by atoms with Gasteiger partial charge in [-0.25, -0.2) is 0 Å². The van der Waals surface area contributed by atoms with Gasteiger partial charge in [-0.15, -0.1) is 0 Å². The van der Waals surface area contributed by atoms with E-state index in [1.807, 2.05) is 5.32 Å². The van der Waals surface area contributed by atoms with Crippen LogP contribution >= 0.6 is 23.2 Å². The first-order chi connectivity index (χ1) is 9.21. The van der Waals surface area contributed by atoms with Crippen LogP contribution in [-0.2, 0) is 4.79 Å². The van der Waals surface area contributed by atoms with Crippen molar-refractivity contribution in [3.63, 3.8) is 0 Å². The predicted octanol–water partition coefficient (Wildman–Crippen LogP) is 3.05. The molecule has 2 N–H and O–H groups in total. The zero-order valence-corrected chi connectivity index (χ0v) is 11.4. The molecule has 1 aromatic rings. The van der Waals surface area contributed by atoms with Crippen LogP contribution in [-0.4, -0.2) is 29.8 Å². The van der Waals surface area contributed by atoms with Crippen LogP contribution in [0.25, 0.3) is 6.08 Å². The van der Waals surface area contributed by atoms with Crippen molar-refractivity contribution in [3.05, 3.63) is 39.9 Å². The molecule has 1 rings (SSSR count). The Morgan fingerprint density at radius 1 is 1.40 bits per heavy atom. The average Bonchev–Trinajstić information content (AvgIpc) is 2.36. The minimum atomic E-state index is -4.77. The summed E-state index contributed by atoms with van der Waals surface area (Å²) in [4.78, 5) is 11.3. The Morgan fingerprint density at radius 3 is 2.65 bits per heavy atom. The molecule has 0 aliphatic carbocycles. The van der Waals surface area contributed by atoms with Gasteiger partial charge in [-0.05, 0) is 17.7 Å². The maximum atomic E-state index is 12.0. The highest BCUT2D eigenvalue weighted by atomic mass is 35.5. The Hall–Kier alpha value is -1.24. The first-order valence-electron chi connectivity index (χ1n) is 5.36. The zero-order valence-electron chi connectivity index (χ0n) is 9.92. The molecule has 1 aromatic carbocycles. The SMILES string of the molecule is O=C(/C=C/c1cccc(Cl)c1Cl)NCC(O)C(F)(F)F. The van der Waals surface area contributed by atoms with Crippen molar-refractivity contribution in [1.29, 1.82) is 0 Å². The van der Waals surface area contributed by atoms with Crippen molar-refractivity contribution in [2.45, 2.75) is 12.3 Å². The molecule has 20 heavy (non-hydrogen) atoms. The number of alkyl halides is 3. The highest BCUT2D eigenvalue weighted by Gasteiger charge is 2.37. The van der Waals surface area contributed by atoms with E-state index >= 15 is 0 Å². The zero-order chi connectivity index (χ0) is 15.3. The third-order valence-electron chi connectivity index (χ3n) is 2.24. The molecule has 0 aliphatic heterocycles. The van der Waals surface area contributed by atoms with Crippen LogP contribution in [0.2, 0.25) is 10.0 Å². The van der Waals surface area contributed by atoms with E-state index in [2.05, 4.69) is 0 Å². The molecule has 0 saturated heterocycles. The number of halogens is 5. The number of carbonyl (C=O) groups excluding carboxylic acids is 1. The first kappa shape index (κ1) is 16.8. The summed E-state index contributed by atoms with van der Waals surface area (Å²) < 4.78 is 36.0. The summed E-state index contributed by atoms with van der Waals surface area (Å²) in [6, 6.07) is 4.75. The van der Waals surface area contributed by atoms with E-state index in [0.717, 1.165) is 6.08 Å². The van der Waals surface area contributed by atoms with Gasteiger partial charge in [0, 0.05) is 6.08 Å². The minimum absolute atomic E-state index is 0.230. The molecule has 0 saturated carbocycles. The molecule has 110 valence electrons. The smallest absolute Gasteiger partial charge is 0.382 e. The minimum Gasteiger partial charge on any atom is -0.382 e. The number of nitrogens with one attached hydrogen (secondary N) is 1. The Kier molecular flexibility index (Phi) is 5.86. The van der Waals surface area contributed by atoms with Crippen molar-refractivity contribution in [3.8, 4) is 0 Å². The molecule has 0 aliphatic rings. The van der Waals surface area contributed by atoms with E-state index in [1.165, 1.54) is 6.08 Å². The molecule has 1 amide bonds. The van der Waals surface area contributed by atoms with Crippen molar-refractivity contribution in [2.75, 3.05) is 6.54 Å². The molecule has 0 spiro atoms. The second-order valence-corrected chi connectivity index (χ2v) is 4.56. The molecule has 8 heteroatoms. The Balaban J connectivity index is 2.59. The lowest BCUT2D eigenvalue weighted by atomic mass is 10.2. The van der Waals surface area contributed by atoms with E-state index in [0.29, 0.717) is 10.6 Å². The monoisotopic (exact) mass is 327 g/mol. The van der Waals surface area contributed by atoms with Gasteiger partial charge >= 0.3 is 6.18 Å². The lowest BCUT2D eigenvalue weighted by molar-refractivity contribution is -0.201. The topological polar surface area (TPSA) is 49.3 Å². The average molecular weight is 328 g/mol. The standard InChI is InChI=1S/C12H10Cl2F3NO2/c13-8-3-1-2-7(11(8)14)4-5-10(20)18-6-9(19)12(15,16)17/h1-5,9,19H,6H2,(H,18,20)/b5-4+. The summed E-state index contributed by atoms with van der Waals surface area (Å²) in [5.74, 6) is -0.788. The highest BCUT2D eigenvalue weighted by molar-refractivity contribution is 6.42. The molecule has 0 radical (unpaired) electrons. The van der Waals surface area contributed by atoms with Gasteiger partial charge in [-0.2, -0.15) is 13.2 Å². The quantitative estimate of drug-likeness (QED) is 0.835. The highest BCUT2D eigenvalue weighted by Crippen LogP contribution is 2.26. The van der Waals surface area contributed by atoms with Gasteiger partial charge in [0.2, 0.25) is 5.91 Å². The first-order valence-corrected chi connectivity index (χ1v) is 6.12. The van der Waals surface area contributed by atoms with Crippen LogP contribution < -0.4 is 5.32 Å². The summed E-state index contributed by atoms with van der Waals surface area (Å²) in [6.45, 7) is -0.921. The Labute approximate surface area is 123 Å². The molecular weight excluding hydrogens is 318 g/mol. The Morgan fingerprint density at radius 2 is 2.05 bits per heavy atom. The summed E-state index contributed by atoms with van der Waals surface area (Å²) >= 11 is 11.6. The fourth-order valence-electron chi connectivity index (χ4n) is 1.19. The van der Waals surface area contributed by atoms with E-state index in [-0.39, 0.29) is 5.02 Å². The third kappa shape index (κ3) is 5.03.